The molecule has 6 nitrogen and oxygen atoms in total. The molecule has 0 fully saturated rings. The summed E-state index contributed by atoms with van der Waals surface area (Å²) in [6.45, 7) is 4.38. The number of anilines is 1. The van der Waals surface area contributed by atoms with Crippen LogP contribution in [0.1, 0.15) is 39.4 Å². The van der Waals surface area contributed by atoms with Crippen molar-refractivity contribution in [3.05, 3.63) is 46.3 Å². The average Bonchev–Trinajstić information content (AvgIpc) is 3.15. The zero-order valence-corrected chi connectivity index (χ0v) is 14.1. The number of aryl methyl sites for hydroxylation is 2. The monoisotopic (exact) mass is 328 g/mol. The summed E-state index contributed by atoms with van der Waals surface area (Å²) in [6.07, 6.45) is 1.77. The van der Waals surface area contributed by atoms with Gasteiger partial charge in [0.25, 0.3) is 0 Å². The summed E-state index contributed by atoms with van der Waals surface area (Å²) in [4.78, 5) is 26.0. The number of carbonyl (C=O) groups is 2. The molecule has 0 unspecified atom stereocenters. The molecule has 2 heterocycles. The van der Waals surface area contributed by atoms with Gasteiger partial charge in [0.05, 0.1) is 18.4 Å². The largest absolute Gasteiger partial charge is 0.465 e. The fraction of sp³-hybridized carbons (Fsp3) is 0.389. The Hall–Kier alpha value is -2.63. The minimum atomic E-state index is -0.360. The summed E-state index contributed by atoms with van der Waals surface area (Å²) in [5.41, 5.74) is 4.24. The molecule has 0 saturated carbocycles. The molecule has 1 aliphatic heterocycles. The first kappa shape index (κ1) is 16.2. The Labute approximate surface area is 140 Å². The highest BCUT2D eigenvalue weighted by Gasteiger charge is 2.26. The number of amides is 1. The lowest BCUT2D eigenvalue weighted by molar-refractivity contribution is -0.118. The minimum Gasteiger partial charge on any atom is -0.465 e. The van der Waals surface area contributed by atoms with Crippen molar-refractivity contribution in [3.63, 3.8) is 0 Å². The first-order valence-electron chi connectivity index (χ1n) is 7.94. The second kappa shape index (κ2) is 6.47. The molecule has 0 spiro atoms. The van der Waals surface area contributed by atoms with Crippen LogP contribution in [0.25, 0.3) is 0 Å². The van der Waals surface area contributed by atoms with E-state index in [0.29, 0.717) is 24.9 Å². The van der Waals surface area contributed by atoms with Gasteiger partial charge >= 0.3 is 5.97 Å². The van der Waals surface area contributed by atoms with E-state index in [1.807, 2.05) is 26.0 Å². The van der Waals surface area contributed by atoms with Crippen molar-refractivity contribution in [1.29, 1.82) is 0 Å². The van der Waals surface area contributed by atoms with E-state index >= 15 is 0 Å². The van der Waals surface area contributed by atoms with Crippen LogP contribution in [0.4, 0.5) is 5.69 Å². The van der Waals surface area contributed by atoms with Gasteiger partial charge in [-0.05, 0) is 50.5 Å². The van der Waals surface area contributed by atoms with Crippen LogP contribution in [0.3, 0.4) is 0 Å². The van der Waals surface area contributed by atoms with Crippen LogP contribution in [0.2, 0.25) is 0 Å². The fourth-order valence-electron chi connectivity index (χ4n) is 3.13. The highest BCUT2D eigenvalue weighted by Crippen LogP contribution is 2.30. The molecule has 0 bridgehead atoms. The van der Waals surface area contributed by atoms with Crippen molar-refractivity contribution < 1.29 is 18.8 Å². The second-order valence-electron chi connectivity index (χ2n) is 5.93. The molecule has 3 rings (SSSR count). The zero-order chi connectivity index (χ0) is 17.3. The number of fused-ring (bicyclic) bond motifs is 1. The summed E-state index contributed by atoms with van der Waals surface area (Å²) >= 11 is 0. The molecular weight excluding hydrogens is 308 g/mol. The number of hydrogen-bond acceptors (Lipinski definition) is 5. The molecule has 1 aromatic carbocycles. The van der Waals surface area contributed by atoms with Gasteiger partial charge in [-0.1, -0.05) is 5.16 Å². The average molecular weight is 328 g/mol. The molecule has 0 radical (unpaired) electrons. The lowest BCUT2D eigenvalue weighted by atomic mass is 10.1. The number of carbonyl (C=O) groups excluding carboxylic acids is 2. The molecule has 0 saturated heterocycles. The first-order chi connectivity index (χ1) is 11.5. The maximum Gasteiger partial charge on any atom is 0.337 e. The minimum absolute atomic E-state index is 0.0690. The van der Waals surface area contributed by atoms with Gasteiger partial charge in [0, 0.05) is 24.2 Å². The Morgan fingerprint density at radius 2 is 2.12 bits per heavy atom. The van der Waals surface area contributed by atoms with Crippen LogP contribution in [0, 0.1) is 13.8 Å². The van der Waals surface area contributed by atoms with Gasteiger partial charge in [-0.3, -0.25) is 4.79 Å². The number of methoxy groups -OCH3 is 1. The summed E-state index contributed by atoms with van der Waals surface area (Å²) < 4.78 is 9.88. The highest BCUT2D eigenvalue weighted by atomic mass is 16.5. The lowest BCUT2D eigenvalue weighted by Crippen LogP contribution is -2.29. The molecule has 1 aliphatic rings. The van der Waals surface area contributed by atoms with Crippen LogP contribution in [0.5, 0.6) is 0 Å². The van der Waals surface area contributed by atoms with Crippen LogP contribution in [0.15, 0.2) is 22.7 Å². The van der Waals surface area contributed by atoms with E-state index in [0.717, 1.165) is 34.7 Å². The van der Waals surface area contributed by atoms with Gasteiger partial charge in [0.15, 0.2) is 0 Å². The zero-order valence-electron chi connectivity index (χ0n) is 14.1. The van der Waals surface area contributed by atoms with Gasteiger partial charge in [0.1, 0.15) is 5.76 Å². The Balaban J connectivity index is 1.71. The van der Waals surface area contributed by atoms with Gasteiger partial charge in [-0.25, -0.2) is 4.79 Å². The number of aromatic nitrogens is 1. The molecule has 24 heavy (non-hydrogen) atoms. The molecule has 0 atom stereocenters. The van der Waals surface area contributed by atoms with E-state index < -0.39 is 0 Å². The first-order valence-corrected chi connectivity index (χ1v) is 7.94. The number of nitrogens with zero attached hydrogens (tertiary/aromatic N) is 2. The quantitative estimate of drug-likeness (QED) is 0.807. The molecule has 126 valence electrons. The summed E-state index contributed by atoms with van der Waals surface area (Å²) in [5, 5.41) is 3.92. The van der Waals surface area contributed by atoms with E-state index in [1.165, 1.54) is 7.11 Å². The highest BCUT2D eigenvalue weighted by molar-refractivity contribution is 5.97. The topological polar surface area (TPSA) is 72.6 Å². The Morgan fingerprint density at radius 1 is 1.33 bits per heavy atom. The third-order valence-electron chi connectivity index (χ3n) is 4.47. The summed E-state index contributed by atoms with van der Waals surface area (Å²) in [5.74, 6) is 0.477. The molecule has 0 N–H and O–H groups in total. The van der Waals surface area contributed by atoms with Crippen LogP contribution in [-0.2, 0) is 22.4 Å². The number of rotatable bonds is 4. The lowest BCUT2D eigenvalue weighted by Gasteiger charge is -2.17. The number of esters is 1. The van der Waals surface area contributed by atoms with E-state index in [9.17, 15) is 9.59 Å². The molecule has 1 aromatic heterocycles. The van der Waals surface area contributed by atoms with E-state index in [2.05, 4.69) is 5.16 Å². The van der Waals surface area contributed by atoms with Gasteiger partial charge in [0.2, 0.25) is 5.91 Å². The third kappa shape index (κ3) is 2.91. The van der Waals surface area contributed by atoms with Crippen molar-refractivity contribution in [3.8, 4) is 0 Å². The maximum absolute atomic E-state index is 12.6. The molecular formula is C18H20N2O4. The number of benzene rings is 1. The Morgan fingerprint density at radius 3 is 2.79 bits per heavy atom. The third-order valence-corrected chi connectivity index (χ3v) is 4.47. The van der Waals surface area contributed by atoms with E-state index in [-0.39, 0.29) is 11.9 Å². The van der Waals surface area contributed by atoms with Crippen molar-refractivity contribution in [1.82, 2.24) is 5.16 Å². The van der Waals surface area contributed by atoms with E-state index in [4.69, 9.17) is 9.26 Å². The second-order valence-corrected chi connectivity index (χ2v) is 5.93. The van der Waals surface area contributed by atoms with Gasteiger partial charge in [-0.15, -0.1) is 0 Å². The Kier molecular flexibility index (Phi) is 4.38. The maximum atomic E-state index is 12.6. The van der Waals surface area contributed by atoms with Crippen molar-refractivity contribution in [2.45, 2.75) is 33.1 Å². The molecule has 2 aromatic rings. The standard InChI is InChI=1S/C18H20N2O4/c1-11-15(12(2)24-19-11)5-7-17(21)20-9-8-13-10-14(18(22)23-3)4-6-16(13)20/h4,6,10H,5,7-9H2,1-3H3. The smallest absolute Gasteiger partial charge is 0.337 e. The predicted octanol–water partition coefficient (Wildman–Crippen LogP) is 2.60. The predicted molar refractivity (Wildman–Crippen MR) is 88.1 cm³/mol. The van der Waals surface area contributed by atoms with Crippen LogP contribution < -0.4 is 4.90 Å². The van der Waals surface area contributed by atoms with Gasteiger partial charge in [-0.2, -0.15) is 0 Å². The normalized spacial score (nSPS) is 13.0. The summed E-state index contributed by atoms with van der Waals surface area (Å²) in [6, 6.07) is 5.33. The Bertz CT molecular complexity index is 775. The molecule has 1 amide bonds. The van der Waals surface area contributed by atoms with Crippen LogP contribution in [-0.4, -0.2) is 30.7 Å². The molecule has 6 heteroatoms. The van der Waals surface area contributed by atoms with E-state index in [1.54, 1.807) is 11.0 Å². The van der Waals surface area contributed by atoms with Crippen molar-refractivity contribution in [2.75, 3.05) is 18.6 Å². The fourth-order valence-corrected chi connectivity index (χ4v) is 3.13. The number of hydrogen-bond donors (Lipinski definition) is 0. The SMILES string of the molecule is COC(=O)c1ccc2c(c1)CCN2C(=O)CCc1c(C)noc1C. The molecule has 0 aliphatic carbocycles. The number of ether oxygens (including phenoxy) is 1. The van der Waals surface area contributed by atoms with Crippen molar-refractivity contribution >= 4 is 17.6 Å². The summed E-state index contributed by atoms with van der Waals surface area (Å²) in [7, 11) is 1.36. The van der Waals surface area contributed by atoms with Crippen molar-refractivity contribution in [2.24, 2.45) is 0 Å². The van der Waals surface area contributed by atoms with Crippen LogP contribution >= 0.6 is 0 Å². The van der Waals surface area contributed by atoms with Gasteiger partial charge < -0.3 is 14.2 Å².